The van der Waals surface area contributed by atoms with Crippen molar-refractivity contribution in [1.29, 1.82) is 0 Å². The number of halogens is 1. The van der Waals surface area contributed by atoms with Crippen LogP contribution in [0.4, 0.5) is 20.6 Å². The van der Waals surface area contributed by atoms with Gasteiger partial charge in [-0.3, -0.25) is 9.78 Å². The number of fused-ring (bicyclic) bond motifs is 3. The maximum atomic E-state index is 13.3. The van der Waals surface area contributed by atoms with E-state index in [0.717, 1.165) is 11.3 Å². The summed E-state index contributed by atoms with van der Waals surface area (Å²) in [6, 6.07) is 15.3. The predicted molar refractivity (Wildman–Crippen MR) is 117 cm³/mol. The molecule has 1 saturated heterocycles. The monoisotopic (exact) mass is 432 g/mol. The number of carbonyl (C=O) groups is 2. The number of anilines is 2. The third kappa shape index (κ3) is 3.29. The van der Waals surface area contributed by atoms with Crippen LogP contribution in [0.1, 0.15) is 21.8 Å². The van der Waals surface area contributed by atoms with Gasteiger partial charge in [-0.1, -0.05) is 18.2 Å². The average molecular weight is 432 g/mol. The zero-order valence-electron chi connectivity index (χ0n) is 17.1. The first-order valence-electron chi connectivity index (χ1n) is 10.3. The van der Waals surface area contributed by atoms with Gasteiger partial charge in [-0.2, -0.15) is 0 Å². The normalized spacial score (nSPS) is 21.2. The molecular weight excluding hydrogens is 411 g/mol. The van der Waals surface area contributed by atoms with Gasteiger partial charge >= 0.3 is 6.03 Å². The Morgan fingerprint density at radius 2 is 1.78 bits per heavy atom. The Bertz CT molecular complexity index is 1160. The highest BCUT2D eigenvalue weighted by Crippen LogP contribution is 2.48. The summed E-state index contributed by atoms with van der Waals surface area (Å²) in [5.41, 5.74) is 2.68. The van der Waals surface area contributed by atoms with E-state index in [9.17, 15) is 19.1 Å². The fourth-order valence-corrected chi connectivity index (χ4v) is 4.73. The number of nitrogens with zero attached hydrogens (tertiary/aromatic N) is 3. The Kier molecular flexibility index (Phi) is 5.07. The van der Waals surface area contributed by atoms with Crippen LogP contribution in [-0.4, -0.2) is 52.2 Å². The van der Waals surface area contributed by atoms with Crippen molar-refractivity contribution >= 4 is 23.3 Å². The van der Waals surface area contributed by atoms with Crippen LogP contribution in [0.3, 0.4) is 0 Å². The topological polar surface area (TPSA) is 85.8 Å². The number of pyridine rings is 1. The van der Waals surface area contributed by atoms with E-state index in [1.165, 1.54) is 24.3 Å². The van der Waals surface area contributed by atoms with Crippen molar-refractivity contribution in [1.82, 2.24) is 9.88 Å². The molecule has 0 unspecified atom stereocenters. The molecular formula is C24H21FN4O3. The number of likely N-dealkylation sites (tertiary alicyclic amines) is 1. The summed E-state index contributed by atoms with van der Waals surface area (Å²) in [6.45, 7) is 0.0980. The SMILES string of the molecule is O=C(c1ccncc1)N1C[C@@H]2[C@H](c3ccccc31)[C@H](CO)N2C(=O)Nc1ccc(F)cc1. The Morgan fingerprint density at radius 3 is 2.50 bits per heavy atom. The van der Waals surface area contributed by atoms with Crippen LogP contribution in [0.2, 0.25) is 0 Å². The van der Waals surface area contributed by atoms with Crippen molar-refractivity contribution in [2.24, 2.45) is 0 Å². The Labute approximate surface area is 184 Å². The number of aliphatic hydroxyl groups is 1. The third-order valence-corrected chi connectivity index (χ3v) is 6.19. The lowest BCUT2D eigenvalue weighted by molar-refractivity contribution is -0.00265. The second-order valence-electron chi connectivity index (χ2n) is 7.90. The minimum absolute atomic E-state index is 0.0864. The van der Waals surface area contributed by atoms with Gasteiger partial charge in [0.2, 0.25) is 0 Å². The molecule has 1 aromatic heterocycles. The molecule has 0 saturated carbocycles. The molecule has 8 heteroatoms. The lowest BCUT2D eigenvalue weighted by Crippen LogP contribution is -2.71. The van der Waals surface area contributed by atoms with Gasteiger partial charge in [0.25, 0.3) is 5.91 Å². The number of aliphatic hydroxyl groups excluding tert-OH is 1. The molecule has 3 aromatic rings. The van der Waals surface area contributed by atoms with E-state index in [1.807, 2.05) is 24.3 Å². The summed E-state index contributed by atoms with van der Waals surface area (Å²) in [4.78, 5) is 33.6. The molecule has 3 heterocycles. The van der Waals surface area contributed by atoms with Crippen molar-refractivity contribution in [2.75, 3.05) is 23.4 Å². The maximum Gasteiger partial charge on any atom is 0.322 e. The highest BCUT2D eigenvalue weighted by atomic mass is 19.1. The number of rotatable bonds is 3. The van der Waals surface area contributed by atoms with Gasteiger partial charge in [-0.25, -0.2) is 9.18 Å². The van der Waals surface area contributed by atoms with Crippen LogP contribution < -0.4 is 10.2 Å². The van der Waals surface area contributed by atoms with Crippen molar-refractivity contribution in [3.8, 4) is 0 Å². The molecule has 2 aliphatic rings. The number of aromatic nitrogens is 1. The van der Waals surface area contributed by atoms with Gasteiger partial charge in [-0.05, 0) is 48.0 Å². The summed E-state index contributed by atoms with van der Waals surface area (Å²) in [7, 11) is 0. The van der Waals surface area contributed by atoms with E-state index < -0.39 is 17.9 Å². The molecule has 2 aromatic carbocycles. The molecule has 0 bridgehead atoms. The first-order valence-corrected chi connectivity index (χ1v) is 10.3. The van der Waals surface area contributed by atoms with Gasteiger partial charge in [-0.15, -0.1) is 0 Å². The van der Waals surface area contributed by atoms with Gasteiger partial charge < -0.3 is 20.2 Å². The zero-order chi connectivity index (χ0) is 22.2. The minimum atomic E-state index is -0.417. The van der Waals surface area contributed by atoms with Gasteiger partial charge in [0, 0.05) is 41.8 Å². The second-order valence-corrected chi connectivity index (χ2v) is 7.90. The number of hydrogen-bond acceptors (Lipinski definition) is 4. The number of urea groups is 1. The van der Waals surface area contributed by atoms with E-state index in [4.69, 9.17) is 0 Å². The number of nitrogens with one attached hydrogen (secondary N) is 1. The van der Waals surface area contributed by atoms with E-state index in [-0.39, 0.29) is 24.5 Å². The molecule has 1 fully saturated rings. The van der Waals surface area contributed by atoms with Crippen LogP contribution in [0.25, 0.3) is 0 Å². The van der Waals surface area contributed by atoms with Crippen LogP contribution >= 0.6 is 0 Å². The zero-order valence-corrected chi connectivity index (χ0v) is 17.1. The first kappa shape index (κ1) is 20.1. The third-order valence-electron chi connectivity index (χ3n) is 6.19. The fraction of sp³-hybridized carbons (Fsp3) is 0.208. The molecule has 3 atom stereocenters. The van der Waals surface area contributed by atoms with Crippen molar-refractivity contribution in [3.05, 3.63) is 90.0 Å². The van der Waals surface area contributed by atoms with E-state index in [1.54, 1.807) is 34.3 Å². The smallest absolute Gasteiger partial charge is 0.322 e. The Morgan fingerprint density at radius 1 is 1.06 bits per heavy atom. The van der Waals surface area contributed by atoms with E-state index in [2.05, 4.69) is 10.3 Å². The maximum absolute atomic E-state index is 13.3. The quantitative estimate of drug-likeness (QED) is 0.665. The summed E-state index contributed by atoms with van der Waals surface area (Å²) in [5.74, 6) is -0.657. The molecule has 2 N–H and O–H groups in total. The molecule has 0 aliphatic carbocycles. The molecule has 2 aliphatic heterocycles. The summed E-state index contributed by atoms with van der Waals surface area (Å²) >= 11 is 0. The number of hydrogen-bond donors (Lipinski definition) is 2. The van der Waals surface area contributed by atoms with Crippen LogP contribution in [0.15, 0.2) is 73.1 Å². The van der Waals surface area contributed by atoms with Crippen LogP contribution in [0.5, 0.6) is 0 Å². The highest BCUT2D eigenvalue weighted by Gasteiger charge is 2.55. The number of carbonyl (C=O) groups excluding carboxylic acids is 2. The van der Waals surface area contributed by atoms with Gasteiger partial charge in [0.15, 0.2) is 0 Å². The van der Waals surface area contributed by atoms with E-state index >= 15 is 0 Å². The molecule has 162 valence electrons. The molecule has 0 radical (unpaired) electrons. The van der Waals surface area contributed by atoms with Gasteiger partial charge in [0.1, 0.15) is 5.82 Å². The van der Waals surface area contributed by atoms with Crippen molar-refractivity contribution in [3.63, 3.8) is 0 Å². The van der Waals surface area contributed by atoms with Crippen LogP contribution in [-0.2, 0) is 0 Å². The molecule has 5 rings (SSSR count). The summed E-state index contributed by atoms with van der Waals surface area (Å²) in [6.07, 6.45) is 3.14. The molecule has 3 amide bonds. The summed E-state index contributed by atoms with van der Waals surface area (Å²) in [5, 5.41) is 12.8. The fourth-order valence-electron chi connectivity index (χ4n) is 4.73. The highest BCUT2D eigenvalue weighted by molar-refractivity contribution is 6.07. The lowest BCUT2D eigenvalue weighted by Gasteiger charge is -2.58. The van der Waals surface area contributed by atoms with Gasteiger partial charge in [0.05, 0.1) is 18.7 Å². The average Bonchev–Trinajstić information content (AvgIpc) is 2.81. The molecule has 7 nitrogen and oxygen atoms in total. The number of benzene rings is 2. The Hall–Kier alpha value is -3.78. The first-order chi connectivity index (χ1) is 15.6. The molecule has 0 spiro atoms. The number of para-hydroxylation sites is 1. The Balaban J connectivity index is 1.46. The van der Waals surface area contributed by atoms with E-state index in [0.29, 0.717) is 17.8 Å². The molecule has 32 heavy (non-hydrogen) atoms. The summed E-state index contributed by atoms with van der Waals surface area (Å²) < 4.78 is 13.2. The lowest BCUT2D eigenvalue weighted by atomic mass is 9.72. The number of amides is 3. The van der Waals surface area contributed by atoms with Crippen molar-refractivity contribution in [2.45, 2.75) is 18.0 Å². The van der Waals surface area contributed by atoms with Crippen LogP contribution in [0, 0.1) is 5.82 Å². The minimum Gasteiger partial charge on any atom is -0.394 e. The largest absolute Gasteiger partial charge is 0.394 e. The second kappa shape index (κ2) is 8.05. The van der Waals surface area contributed by atoms with Crippen molar-refractivity contribution < 1.29 is 19.1 Å². The standard InChI is InChI=1S/C24H21FN4O3/c25-16-5-7-17(8-6-16)27-24(32)29-20-13-28(23(31)15-9-11-26-12-10-15)19-4-2-1-3-18(19)22(20)21(29)14-30/h1-12,20-22,30H,13-14H2,(H,27,32)/t20-,21+,22+/m1/s1. The predicted octanol–water partition coefficient (Wildman–Crippen LogP) is 3.24.